The first-order valence-electron chi connectivity index (χ1n) is 6.77. The van der Waals surface area contributed by atoms with Crippen LogP contribution in [0, 0.1) is 17.1 Å². The molecular formula is C15H20N2S. The molecule has 1 aliphatic rings. The molecule has 1 aromatic heterocycles. The van der Waals surface area contributed by atoms with E-state index in [1.54, 1.807) is 0 Å². The van der Waals surface area contributed by atoms with Crippen LogP contribution in [-0.2, 0) is 6.54 Å². The predicted molar refractivity (Wildman–Crippen MR) is 78.4 cm³/mol. The van der Waals surface area contributed by atoms with E-state index >= 15 is 0 Å². The molecule has 3 heteroatoms. The molecule has 1 heterocycles. The number of rotatable bonds is 2. The fraction of sp³-hybridized carbons (Fsp3) is 0.533. The lowest BCUT2D eigenvalue weighted by molar-refractivity contribution is 0.284. The molecule has 96 valence electrons. The van der Waals surface area contributed by atoms with E-state index in [-0.39, 0.29) is 0 Å². The number of aromatic nitrogens is 2. The van der Waals surface area contributed by atoms with E-state index in [0.717, 1.165) is 11.3 Å². The summed E-state index contributed by atoms with van der Waals surface area (Å²) < 4.78 is 3.16. The summed E-state index contributed by atoms with van der Waals surface area (Å²) in [6.45, 7) is 5.58. The average molecular weight is 260 g/mol. The Kier molecular flexibility index (Phi) is 2.81. The highest BCUT2D eigenvalue weighted by Gasteiger charge is 2.29. The molecule has 3 rings (SSSR count). The lowest BCUT2D eigenvalue weighted by atomic mass is 9.89. The van der Waals surface area contributed by atoms with Crippen LogP contribution in [0.1, 0.15) is 38.2 Å². The second kappa shape index (κ2) is 4.23. The van der Waals surface area contributed by atoms with Gasteiger partial charge in [-0.15, -0.1) is 0 Å². The van der Waals surface area contributed by atoms with Crippen molar-refractivity contribution in [2.45, 2.75) is 46.1 Å². The minimum atomic E-state index is 0.428. The number of hydrogen-bond donors (Lipinski definition) is 1. The first-order chi connectivity index (χ1) is 8.59. The molecule has 1 aromatic carbocycles. The quantitative estimate of drug-likeness (QED) is 0.783. The van der Waals surface area contributed by atoms with Gasteiger partial charge in [0.15, 0.2) is 4.77 Å². The van der Waals surface area contributed by atoms with Crippen LogP contribution in [0.4, 0.5) is 0 Å². The molecule has 0 aliphatic heterocycles. The minimum absolute atomic E-state index is 0.428. The number of hydrogen-bond acceptors (Lipinski definition) is 1. The van der Waals surface area contributed by atoms with Gasteiger partial charge < -0.3 is 9.55 Å². The van der Waals surface area contributed by atoms with Crippen LogP contribution >= 0.6 is 12.2 Å². The number of para-hydroxylation sites is 1. The van der Waals surface area contributed by atoms with Crippen LogP contribution in [-0.4, -0.2) is 9.55 Å². The molecule has 2 aromatic rings. The average Bonchev–Trinajstić information content (AvgIpc) is 2.88. The van der Waals surface area contributed by atoms with Crippen molar-refractivity contribution in [3.05, 3.63) is 28.5 Å². The summed E-state index contributed by atoms with van der Waals surface area (Å²) in [7, 11) is 0. The molecule has 0 saturated heterocycles. The number of H-pyrrole nitrogens is 1. The lowest BCUT2D eigenvalue weighted by Gasteiger charge is -2.24. The summed E-state index contributed by atoms with van der Waals surface area (Å²) in [6, 6.07) is 6.43. The molecule has 0 unspecified atom stereocenters. The van der Waals surface area contributed by atoms with E-state index in [0.29, 0.717) is 5.41 Å². The molecule has 1 fully saturated rings. The molecule has 2 nitrogen and oxygen atoms in total. The molecule has 0 bridgehead atoms. The van der Waals surface area contributed by atoms with E-state index < -0.39 is 0 Å². The van der Waals surface area contributed by atoms with E-state index in [9.17, 15) is 0 Å². The van der Waals surface area contributed by atoms with E-state index in [1.165, 1.54) is 42.3 Å². The Morgan fingerprint density at radius 2 is 2.06 bits per heavy atom. The number of aromatic amines is 1. The smallest absolute Gasteiger partial charge is 0.178 e. The van der Waals surface area contributed by atoms with Gasteiger partial charge in [0.25, 0.3) is 0 Å². The molecule has 0 radical (unpaired) electrons. The van der Waals surface area contributed by atoms with Gasteiger partial charge in [0.1, 0.15) is 0 Å². The van der Waals surface area contributed by atoms with Crippen LogP contribution in [0.5, 0.6) is 0 Å². The van der Waals surface area contributed by atoms with Crippen molar-refractivity contribution in [3.63, 3.8) is 0 Å². The molecule has 1 aliphatic carbocycles. The Labute approximate surface area is 113 Å². The van der Waals surface area contributed by atoms with E-state index in [2.05, 4.69) is 41.6 Å². The van der Waals surface area contributed by atoms with Gasteiger partial charge in [0.05, 0.1) is 11.0 Å². The van der Waals surface area contributed by atoms with Crippen LogP contribution in [0.3, 0.4) is 0 Å². The topological polar surface area (TPSA) is 20.7 Å². The number of fused-ring (bicyclic) bond motifs is 1. The minimum Gasteiger partial charge on any atom is -0.330 e. The van der Waals surface area contributed by atoms with Gasteiger partial charge in [-0.1, -0.05) is 31.9 Å². The maximum absolute atomic E-state index is 5.50. The third kappa shape index (κ3) is 1.91. The molecule has 18 heavy (non-hydrogen) atoms. The van der Waals surface area contributed by atoms with E-state index in [4.69, 9.17) is 12.2 Å². The van der Waals surface area contributed by atoms with Crippen LogP contribution in [0.15, 0.2) is 18.2 Å². The number of imidazole rings is 1. The Morgan fingerprint density at radius 1 is 1.33 bits per heavy atom. The summed E-state index contributed by atoms with van der Waals surface area (Å²) in [5.74, 6) is 0. The highest BCUT2D eigenvalue weighted by Crippen LogP contribution is 2.39. The van der Waals surface area contributed by atoms with Crippen molar-refractivity contribution in [3.8, 4) is 0 Å². The highest BCUT2D eigenvalue weighted by molar-refractivity contribution is 7.71. The first-order valence-corrected chi connectivity index (χ1v) is 7.18. The van der Waals surface area contributed by atoms with Gasteiger partial charge in [0.2, 0.25) is 0 Å². The summed E-state index contributed by atoms with van der Waals surface area (Å²) in [5.41, 5.74) is 4.16. The van der Waals surface area contributed by atoms with Crippen molar-refractivity contribution < 1.29 is 0 Å². The van der Waals surface area contributed by atoms with Crippen molar-refractivity contribution >= 4 is 23.3 Å². The second-order valence-corrected chi connectivity index (χ2v) is 6.39. The first kappa shape index (κ1) is 12.0. The van der Waals surface area contributed by atoms with Crippen molar-refractivity contribution in [2.75, 3.05) is 0 Å². The van der Waals surface area contributed by atoms with Gasteiger partial charge in [-0.2, -0.15) is 0 Å². The summed E-state index contributed by atoms with van der Waals surface area (Å²) in [6.07, 6.45) is 5.39. The van der Waals surface area contributed by atoms with Crippen LogP contribution in [0.25, 0.3) is 11.0 Å². The van der Waals surface area contributed by atoms with E-state index in [1.807, 2.05) is 0 Å². The van der Waals surface area contributed by atoms with Gasteiger partial charge in [-0.3, -0.25) is 0 Å². The third-order valence-corrected chi connectivity index (χ3v) is 4.69. The molecule has 0 atom stereocenters. The molecular weight excluding hydrogens is 240 g/mol. The van der Waals surface area contributed by atoms with Crippen molar-refractivity contribution in [1.29, 1.82) is 0 Å². The monoisotopic (exact) mass is 260 g/mol. The SMILES string of the molecule is Cc1cccc2c1[nH]c(=S)n2CC1(C)CCCC1. The van der Waals surface area contributed by atoms with Gasteiger partial charge in [-0.25, -0.2) is 0 Å². The highest BCUT2D eigenvalue weighted by atomic mass is 32.1. The number of nitrogens with zero attached hydrogens (tertiary/aromatic N) is 1. The molecule has 1 saturated carbocycles. The zero-order valence-corrected chi connectivity index (χ0v) is 11.9. The normalized spacial score (nSPS) is 18.6. The number of aryl methyl sites for hydroxylation is 1. The molecule has 0 amide bonds. The van der Waals surface area contributed by atoms with Gasteiger partial charge in [0, 0.05) is 6.54 Å². The number of benzene rings is 1. The Hall–Kier alpha value is -1.09. The predicted octanol–water partition coefficient (Wildman–Crippen LogP) is 4.59. The van der Waals surface area contributed by atoms with Gasteiger partial charge >= 0.3 is 0 Å². The maximum atomic E-state index is 5.50. The Morgan fingerprint density at radius 3 is 2.78 bits per heavy atom. The van der Waals surface area contributed by atoms with Crippen LogP contribution < -0.4 is 0 Å². The van der Waals surface area contributed by atoms with Crippen LogP contribution in [0.2, 0.25) is 0 Å². The third-order valence-electron chi connectivity index (χ3n) is 4.37. The van der Waals surface area contributed by atoms with Crippen molar-refractivity contribution in [1.82, 2.24) is 9.55 Å². The zero-order valence-electron chi connectivity index (χ0n) is 11.1. The summed E-state index contributed by atoms with van der Waals surface area (Å²) in [4.78, 5) is 3.36. The largest absolute Gasteiger partial charge is 0.330 e. The Bertz CT molecular complexity index is 629. The maximum Gasteiger partial charge on any atom is 0.178 e. The fourth-order valence-electron chi connectivity index (χ4n) is 3.25. The zero-order chi connectivity index (χ0) is 12.8. The van der Waals surface area contributed by atoms with Crippen molar-refractivity contribution in [2.24, 2.45) is 5.41 Å². The standard InChI is InChI=1S/C15H20N2S/c1-11-6-5-7-12-13(11)16-14(18)17(12)10-15(2)8-3-4-9-15/h5-7H,3-4,8-10H2,1-2H3,(H,16,18). The fourth-order valence-corrected chi connectivity index (χ4v) is 3.51. The number of nitrogens with one attached hydrogen (secondary N) is 1. The summed E-state index contributed by atoms with van der Waals surface area (Å²) in [5, 5.41) is 0. The molecule has 1 N–H and O–H groups in total. The lowest BCUT2D eigenvalue weighted by Crippen LogP contribution is -2.19. The Balaban J connectivity index is 2.09. The second-order valence-electron chi connectivity index (χ2n) is 6.00. The van der Waals surface area contributed by atoms with Gasteiger partial charge in [-0.05, 0) is 49.0 Å². The molecule has 0 spiro atoms. The summed E-state index contributed by atoms with van der Waals surface area (Å²) >= 11 is 5.50.